The van der Waals surface area contributed by atoms with E-state index in [4.69, 9.17) is 4.74 Å². The molecule has 2 aromatic carbocycles. The Hall–Kier alpha value is -1.06. The van der Waals surface area contributed by atoms with Crippen LogP contribution in [0.4, 0.5) is 5.69 Å². The molecule has 0 amide bonds. The Balaban J connectivity index is 2.23. The number of benzene rings is 2. The third-order valence-electron chi connectivity index (χ3n) is 2.63. The van der Waals surface area contributed by atoms with Gasteiger partial charge in [-0.15, -0.1) is 0 Å². The third kappa shape index (κ3) is 3.20. The summed E-state index contributed by atoms with van der Waals surface area (Å²) in [6.45, 7) is 2.81. The van der Waals surface area contributed by atoms with E-state index in [-0.39, 0.29) is 0 Å². The van der Waals surface area contributed by atoms with E-state index in [9.17, 15) is 0 Å². The summed E-state index contributed by atoms with van der Waals surface area (Å²) >= 11 is 3.48. The van der Waals surface area contributed by atoms with E-state index in [0.29, 0.717) is 12.6 Å². The first-order chi connectivity index (χ1) is 8.19. The number of rotatable bonds is 4. The van der Waals surface area contributed by atoms with Gasteiger partial charge in [-0.25, -0.2) is 0 Å². The van der Waals surface area contributed by atoms with Crippen LogP contribution >= 0.6 is 15.9 Å². The van der Waals surface area contributed by atoms with Gasteiger partial charge in [-0.05, 0) is 42.0 Å². The number of halogens is 1. The number of fused-ring (bicyclic) bond motifs is 1. The van der Waals surface area contributed by atoms with Crippen molar-refractivity contribution < 1.29 is 4.74 Å². The average Bonchev–Trinajstić information content (AvgIpc) is 2.29. The second kappa shape index (κ2) is 5.52. The van der Waals surface area contributed by atoms with Crippen molar-refractivity contribution >= 4 is 32.4 Å². The highest BCUT2D eigenvalue weighted by molar-refractivity contribution is 9.10. The van der Waals surface area contributed by atoms with Crippen molar-refractivity contribution in [2.45, 2.75) is 13.0 Å². The number of nitrogens with one attached hydrogen (secondary N) is 1. The Morgan fingerprint density at radius 3 is 2.65 bits per heavy atom. The van der Waals surface area contributed by atoms with Gasteiger partial charge in [0, 0.05) is 23.3 Å². The summed E-state index contributed by atoms with van der Waals surface area (Å²) in [4.78, 5) is 0. The SMILES string of the molecule is COCC(C)Nc1ccc2cc(Br)ccc2c1. The van der Waals surface area contributed by atoms with Crippen molar-refractivity contribution in [3.63, 3.8) is 0 Å². The van der Waals surface area contributed by atoms with Crippen LogP contribution in [0.5, 0.6) is 0 Å². The maximum absolute atomic E-state index is 5.11. The molecule has 1 atom stereocenters. The van der Waals surface area contributed by atoms with Crippen LogP contribution in [-0.2, 0) is 4.74 Å². The predicted molar refractivity (Wildman–Crippen MR) is 76.6 cm³/mol. The minimum Gasteiger partial charge on any atom is -0.383 e. The molecule has 1 N–H and O–H groups in total. The Kier molecular flexibility index (Phi) is 4.02. The molecular formula is C14H16BrNO. The summed E-state index contributed by atoms with van der Waals surface area (Å²) in [5.41, 5.74) is 1.13. The number of ether oxygens (including phenoxy) is 1. The Morgan fingerprint density at radius 1 is 1.18 bits per heavy atom. The molecule has 0 aliphatic carbocycles. The minimum absolute atomic E-state index is 0.313. The standard InChI is InChI=1S/C14H16BrNO/c1-10(9-17-2)16-14-6-4-11-7-13(15)5-3-12(11)8-14/h3-8,10,16H,9H2,1-2H3. The summed E-state index contributed by atoms with van der Waals surface area (Å²) < 4.78 is 6.22. The molecule has 2 rings (SSSR count). The lowest BCUT2D eigenvalue weighted by molar-refractivity contribution is 0.190. The minimum atomic E-state index is 0.313. The van der Waals surface area contributed by atoms with Gasteiger partial charge in [-0.3, -0.25) is 0 Å². The first-order valence-electron chi connectivity index (χ1n) is 5.64. The Labute approximate surface area is 110 Å². The van der Waals surface area contributed by atoms with E-state index in [0.717, 1.165) is 10.2 Å². The summed E-state index contributed by atoms with van der Waals surface area (Å²) in [5.74, 6) is 0. The number of anilines is 1. The maximum atomic E-state index is 5.11. The van der Waals surface area contributed by atoms with Gasteiger partial charge in [0.15, 0.2) is 0 Å². The topological polar surface area (TPSA) is 21.3 Å². The Bertz CT molecular complexity index is 513. The van der Waals surface area contributed by atoms with Crippen LogP contribution in [-0.4, -0.2) is 19.8 Å². The second-order valence-electron chi connectivity index (χ2n) is 4.21. The van der Waals surface area contributed by atoms with Gasteiger partial charge >= 0.3 is 0 Å². The summed E-state index contributed by atoms with van der Waals surface area (Å²) in [5, 5.41) is 5.89. The van der Waals surface area contributed by atoms with Crippen LogP contribution < -0.4 is 5.32 Å². The highest BCUT2D eigenvalue weighted by atomic mass is 79.9. The molecule has 0 aromatic heterocycles. The zero-order valence-electron chi connectivity index (χ0n) is 10.0. The molecule has 1 unspecified atom stereocenters. The first kappa shape index (κ1) is 12.4. The largest absolute Gasteiger partial charge is 0.383 e. The molecule has 0 saturated heterocycles. The average molecular weight is 294 g/mol. The highest BCUT2D eigenvalue weighted by Gasteiger charge is 2.02. The zero-order chi connectivity index (χ0) is 12.3. The number of hydrogen-bond acceptors (Lipinski definition) is 2. The molecule has 0 fully saturated rings. The molecule has 90 valence electrons. The van der Waals surface area contributed by atoms with Crippen LogP contribution in [0.15, 0.2) is 40.9 Å². The van der Waals surface area contributed by atoms with Crippen molar-refractivity contribution in [2.24, 2.45) is 0 Å². The molecular weight excluding hydrogens is 278 g/mol. The second-order valence-corrected chi connectivity index (χ2v) is 5.12. The number of methoxy groups -OCH3 is 1. The lowest BCUT2D eigenvalue weighted by Crippen LogP contribution is -2.20. The highest BCUT2D eigenvalue weighted by Crippen LogP contribution is 2.23. The normalized spacial score (nSPS) is 12.6. The third-order valence-corrected chi connectivity index (χ3v) is 3.13. The maximum Gasteiger partial charge on any atom is 0.0661 e. The van der Waals surface area contributed by atoms with Crippen molar-refractivity contribution in [2.75, 3.05) is 19.0 Å². The molecule has 0 radical (unpaired) electrons. The van der Waals surface area contributed by atoms with Gasteiger partial charge in [0.1, 0.15) is 0 Å². The van der Waals surface area contributed by atoms with Crippen LogP contribution in [0, 0.1) is 0 Å². The molecule has 2 nitrogen and oxygen atoms in total. The number of hydrogen-bond donors (Lipinski definition) is 1. The molecule has 0 spiro atoms. The fraction of sp³-hybridized carbons (Fsp3) is 0.286. The van der Waals surface area contributed by atoms with Gasteiger partial charge in [-0.1, -0.05) is 28.1 Å². The summed E-state index contributed by atoms with van der Waals surface area (Å²) in [6.07, 6.45) is 0. The zero-order valence-corrected chi connectivity index (χ0v) is 11.6. The summed E-state index contributed by atoms with van der Waals surface area (Å²) in [6, 6.07) is 13.0. The smallest absolute Gasteiger partial charge is 0.0661 e. The molecule has 0 bridgehead atoms. The van der Waals surface area contributed by atoms with Crippen LogP contribution in [0.25, 0.3) is 10.8 Å². The molecule has 0 saturated carbocycles. The Morgan fingerprint density at radius 2 is 1.88 bits per heavy atom. The fourth-order valence-electron chi connectivity index (χ4n) is 1.88. The first-order valence-corrected chi connectivity index (χ1v) is 6.43. The van der Waals surface area contributed by atoms with E-state index >= 15 is 0 Å². The predicted octanol–water partition coefficient (Wildman–Crippen LogP) is 4.05. The van der Waals surface area contributed by atoms with Crippen molar-refractivity contribution in [3.05, 3.63) is 40.9 Å². The molecule has 0 aliphatic rings. The molecule has 3 heteroatoms. The van der Waals surface area contributed by atoms with Crippen molar-refractivity contribution in [1.29, 1.82) is 0 Å². The van der Waals surface area contributed by atoms with Gasteiger partial charge in [-0.2, -0.15) is 0 Å². The molecule has 0 heterocycles. The van der Waals surface area contributed by atoms with Crippen LogP contribution in [0.2, 0.25) is 0 Å². The van der Waals surface area contributed by atoms with E-state index in [1.165, 1.54) is 10.8 Å². The van der Waals surface area contributed by atoms with Gasteiger partial charge in [0.25, 0.3) is 0 Å². The van der Waals surface area contributed by atoms with Crippen LogP contribution in [0.1, 0.15) is 6.92 Å². The van der Waals surface area contributed by atoms with Gasteiger partial charge in [0.05, 0.1) is 6.61 Å². The lowest BCUT2D eigenvalue weighted by Gasteiger charge is -2.14. The van der Waals surface area contributed by atoms with E-state index < -0.39 is 0 Å². The van der Waals surface area contributed by atoms with E-state index in [2.05, 4.69) is 64.6 Å². The van der Waals surface area contributed by atoms with Gasteiger partial charge in [0.2, 0.25) is 0 Å². The summed E-state index contributed by atoms with van der Waals surface area (Å²) in [7, 11) is 1.72. The molecule has 0 aliphatic heterocycles. The molecule has 2 aromatic rings. The monoisotopic (exact) mass is 293 g/mol. The van der Waals surface area contributed by atoms with Crippen molar-refractivity contribution in [1.82, 2.24) is 0 Å². The van der Waals surface area contributed by atoms with E-state index in [1.54, 1.807) is 7.11 Å². The van der Waals surface area contributed by atoms with E-state index in [1.807, 2.05) is 0 Å². The van der Waals surface area contributed by atoms with Gasteiger partial charge < -0.3 is 10.1 Å². The lowest BCUT2D eigenvalue weighted by atomic mass is 10.1. The molecule has 17 heavy (non-hydrogen) atoms. The van der Waals surface area contributed by atoms with Crippen LogP contribution in [0.3, 0.4) is 0 Å². The fourth-order valence-corrected chi connectivity index (χ4v) is 2.26. The van der Waals surface area contributed by atoms with Crippen molar-refractivity contribution in [3.8, 4) is 0 Å². The quantitative estimate of drug-likeness (QED) is 0.918.